The SMILES string of the molecule is CNCCc1cc(Cl)c(OC)cc1C(C)C. The van der Waals surface area contributed by atoms with Crippen molar-refractivity contribution in [2.24, 2.45) is 0 Å². The van der Waals surface area contributed by atoms with Crippen molar-refractivity contribution in [2.45, 2.75) is 26.2 Å². The van der Waals surface area contributed by atoms with Crippen LogP contribution < -0.4 is 10.1 Å². The molecule has 1 aromatic rings. The molecule has 0 amide bonds. The van der Waals surface area contributed by atoms with Gasteiger partial charge in [0, 0.05) is 0 Å². The van der Waals surface area contributed by atoms with Gasteiger partial charge in [0.1, 0.15) is 5.75 Å². The van der Waals surface area contributed by atoms with E-state index in [2.05, 4.69) is 25.2 Å². The molecule has 16 heavy (non-hydrogen) atoms. The van der Waals surface area contributed by atoms with Gasteiger partial charge in [-0.3, -0.25) is 0 Å². The van der Waals surface area contributed by atoms with Crippen molar-refractivity contribution in [2.75, 3.05) is 20.7 Å². The zero-order valence-corrected chi connectivity index (χ0v) is 11.2. The summed E-state index contributed by atoms with van der Waals surface area (Å²) in [6, 6.07) is 4.07. The Bertz CT molecular complexity index is 350. The largest absolute Gasteiger partial charge is 0.495 e. The van der Waals surface area contributed by atoms with Gasteiger partial charge in [-0.15, -0.1) is 0 Å². The van der Waals surface area contributed by atoms with Crippen LogP contribution in [0.25, 0.3) is 0 Å². The van der Waals surface area contributed by atoms with Gasteiger partial charge >= 0.3 is 0 Å². The predicted octanol–water partition coefficient (Wildman–Crippen LogP) is 3.23. The van der Waals surface area contributed by atoms with Gasteiger partial charge in [0.15, 0.2) is 0 Å². The fourth-order valence-corrected chi connectivity index (χ4v) is 2.04. The van der Waals surface area contributed by atoms with Crippen LogP contribution in [0.1, 0.15) is 30.9 Å². The second-order valence-electron chi connectivity index (χ2n) is 4.19. The van der Waals surface area contributed by atoms with Crippen LogP contribution >= 0.6 is 11.6 Å². The smallest absolute Gasteiger partial charge is 0.137 e. The molecule has 1 aromatic carbocycles. The summed E-state index contributed by atoms with van der Waals surface area (Å²) in [5.74, 6) is 1.25. The standard InChI is InChI=1S/C13H20ClNO/c1-9(2)11-8-13(16-4)12(14)7-10(11)5-6-15-3/h7-9,15H,5-6H2,1-4H3. The molecule has 0 heterocycles. The second kappa shape index (κ2) is 6.12. The highest BCUT2D eigenvalue weighted by atomic mass is 35.5. The lowest BCUT2D eigenvalue weighted by Gasteiger charge is -2.15. The van der Waals surface area contributed by atoms with Crippen molar-refractivity contribution in [3.05, 3.63) is 28.3 Å². The Labute approximate surface area is 103 Å². The Hall–Kier alpha value is -0.730. The van der Waals surface area contributed by atoms with E-state index in [1.54, 1.807) is 7.11 Å². The van der Waals surface area contributed by atoms with Crippen molar-refractivity contribution >= 4 is 11.6 Å². The van der Waals surface area contributed by atoms with Crippen LogP contribution in [0.2, 0.25) is 5.02 Å². The third-order valence-electron chi connectivity index (χ3n) is 2.68. The molecule has 0 unspecified atom stereocenters. The Kier molecular flexibility index (Phi) is 5.10. The number of rotatable bonds is 5. The average molecular weight is 242 g/mol. The molecule has 90 valence electrons. The lowest BCUT2D eigenvalue weighted by Crippen LogP contribution is -2.12. The number of hydrogen-bond donors (Lipinski definition) is 1. The first-order valence-corrected chi connectivity index (χ1v) is 5.98. The highest BCUT2D eigenvalue weighted by Gasteiger charge is 2.11. The Morgan fingerprint density at radius 2 is 2.06 bits per heavy atom. The predicted molar refractivity (Wildman–Crippen MR) is 69.7 cm³/mol. The van der Waals surface area contributed by atoms with Gasteiger partial charge in [-0.25, -0.2) is 0 Å². The third-order valence-corrected chi connectivity index (χ3v) is 2.98. The molecule has 2 nitrogen and oxygen atoms in total. The summed E-state index contributed by atoms with van der Waals surface area (Å²) in [5, 5.41) is 3.85. The summed E-state index contributed by atoms with van der Waals surface area (Å²) in [4.78, 5) is 0. The number of nitrogens with one attached hydrogen (secondary N) is 1. The summed E-state index contributed by atoms with van der Waals surface area (Å²) >= 11 is 6.14. The van der Waals surface area contributed by atoms with E-state index in [1.807, 2.05) is 13.1 Å². The van der Waals surface area contributed by atoms with Crippen molar-refractivity contribution in [3.8, 4) is 5.75 Å². The maximum atomic E-state index is 6.14. The minimum Gasteiger partial charge on any atom is -0.495 e. The van der Waals surface area contributed by atoms with E-state index in [0.29, 0.717) is 10.9 Å². The third kappa shape index (κ3) is 3.13. The minimum atomic E-state index is 0.484. The fourth-order valence-electron chi connectivity index (χ4n) is 1.78. The van der Waals surface area contributed by atoms with Crippen molar-refractivity contribution < 1.29 is 4.74 Å². The Balaban J connectivity index is 3.09. The number of methoxy groups -OCH3 is 1. The van der Waals surface area contributed by atoms with Gasteiger partial charge in [0.25, 0.3) is 0 Å². The lowest BCUT2D eigenvalue weighted by molar-refractivity contribution is 0.414. The molecule has 1 N–H and O–H groups in total. The Morgan fingerprint density at radius 3 is 2.56 bits per heavy atom. The molecule has 3 heteroatoms. The molecule has 0 saturated carbocycles. The number of hydrogen-bond acceptors (Lipinski definition) is 2. The number of likely N-dealkylation sites (N-methyl/N-ethyl adjacent to an activating group) is 1. The molecule has 0 aliphatic heterocycles. The second-order valence-corrected chi connectivity index (χ2v) is 4.60. The molecular weight excluding hydrogens is 222 g/mol. The van der Waals surface area contributed by atoms with Crippen molar-refractivity contribution in [1.29, 1.82) is 0 Å². The fraction of sp³-hybridized carbons (Fsp3) is 0.538. The monoisotopic (exact) mass is 241 g/mol. The van der Waals surface area contributed by atoms with E-state index in [0.717, 1.165) is 18.7 Å². The molecule has 0 bridgehead atoms. The summed E-state index contributed by atoms with van der Waals surface area (Å²) in [6.45, 7) is 5.33. The minimum absolute atomic E-state index is 0.484. The molecule has 0 aliphatic carbocycles. The topological polar surface area (TPSA) is 21.3 Å². The van der Waals surface area contributed by atoms with Crippen LogP contribution in [0.4, 0.5) is 0 Å². The molecule has 0 atom stereocenters. The van der Waals surface area contributed by atoms with Crippen molar-refractivity contribution in [3.63, 3.8) is 0 Å². The van der Waals surface area contributed by atoms with Crippen molar-refractivity contribution in [1.82, 2.24) is 5.32 Å². The van der Waals surface area contributed by atoms with Gasteiger partial charge < -0.3 is 10.1 Å². The van der Waals surface area contributed by atoms with Crippen LogP contribution in [0.5, 0.6) is 5.75 Å². The van der Waals surface area contributed by atoms with E-state index in [9.17, 15) is 0 Å². The first-order chi connectivity index (χ1) is 7.60. The van der Waals surface area contributed by atoms with E-state index < -0.39 is 0 Å². The highest BCUT2D eigenvalue weighted by molar-refractivity contribution is 6.32. The maximum absolute atomic E-state index is 6.14. The molecule has 0 aromatic heterocycles. The van der Waals surface area contributed by atoms with Gasteiger partial charge in [0.2, 0.25) is 0 Å². The molecule has 0 radical (unpaired) electrons. The summed E-state index contributed by atoms with van der Waals surface area (Å²) in [5.41, 5.74) is 2.62. The van der Waals surface area contributed by atoms with E-state index in [4.69, 9.17) is 16.3 Å². The molecular formula is C13H20ClNO. The zero-order valence-electron chi connectivity index (χ0n) is 10.4. The first kappa shape index (κ1) is 13.3. The number of halogens is 1. The lowest BCUT2D eigenvalue weighted by atomic mass is 9.95. The molecule has 0 spiro atoms. The molecule has 0 aliphatic rings. The van der Waals surface area contributed by atoms with Gasteiger partial charge in [0.05, 0.1) is 12.1 Å². The summed E-state index contributed by atoms with van der Waals surface area (Å²) < 4.78 is 5.25. The van der Waals surface area contributed by atoms with Crippen LogP contribution in [0.3, 0.4) is 0 Å². The average Bonchev–Trinajstić information content (AvgIpc) is 2.25. The van der Waals surface area contributed by atoms with Gasteiger partial charge in [-0.2, -0.15) is 0 Å². The summed E-state index contributed by atoms with van der Waals surface area (Å²) in [7, 11) is 3.61. The van der Waals surface area contributed by atoms with Crippen LogP contribution in [0.15, 0.2) is 12.1 Å². The molecule has 0 saturated heterocycles. The highest BCUT2D eigenvalue weighted by Crippen LogP contribution is 2.31. The van der Waals surface area contributed by atoms with Crippen LogP contribution in [-0.2, 0) is 6.42 Å². The normalized spacial score (nSPS) is 10.9. The van der Waals surface area contributed by atoms with E-state index in [-0.39, 0.29) is 0 Å². The number of benzene rings is 1. The van der Waals surface area contributed by atoms with E-state index in [1.165, 1.54) is 11.1 Å². The van der Waals surface area contributed by atoms with Gasteiger partial charge in [-0.1, -0.05) is 25.4 Å². The van der Waals surface area contributed by atoms with Gasteiger partial charge in [-0.05, 0) is 49.2 Å². The van der Waals surface area contributed by atoms with Crippen LogP contribution in [0, 0.1) is 0 Å². The van der Waals surface area contributed by atoms with Crippen LogP contribution in [-0.4, -0.2) is 20.7 Å². The molecule has 0 fully saturated rings. The Morgan fingerprint density at radius 1 is 1.38 bits per heavy atom. The number of ether oxygens (including phenoxy) is 1. The maximum Gasteiger partial charge on any atom is 0.137 e. The molecule has 1 rings (SSSR count). The first-order valence-electron chi connectivity index (χ1n) is 5.61. The quantitative estimate of drug-likeness (QED) is 0.855. The zero-order chi connectivity index (χ0) is 12.1. The summed E-state index contributed by atoms with van der Waals surface area (Å²) in [6.07, 6.45) is 0.994. The van der Waals surface area contributed by atoms with E-state index >= 15 is 0 Å².